The van der Waals surface area contributed by atoms with Crippen molar-refractivity contribution in [1.82, 2.24) is 4.73 Å². The molecule has 1 rings (SSSR count). The zero-order chi connectivity index (χ0) is 8.43. The maximum Gasteiger partial charge on any atom is 0.196 e. The van der Waals surface area contributed by atoms with Crippen LogP contribution < -0.4 is 4.84 Å². The second-order valence-corrected chi connectivity index (χ2v) is 4.09. The van der Waals surface area contributed by atoms with Crippen molar-refractivity contribution in [1.29, 1.82) is 0 Å². The van der Waals surface area contributed by atoms with Gasteiger partial charge in [0.15, 0.2) is 3.95 Å². The SMILES string of the molecule is Cc1csc(=S)n1OC(C)C. The minimum atomic E-state index is 0.176. The Hall–Kier alpha value is -0.350. The first-order valence-corrected chi connectivity index (χ1v) is 4.74. The van der Waals surface area contributed by atoms with Crippen LogP contribution in [-0.2, 0) is 0 Å². The minimum absolute atomic E-state index is 0.176. The third kappa shape index (κ3) is 2.04. The van der Waals surface area contributed by atoms with Crippen molar-refractivity contribution in [3.05, 3.63) is 15.0 Å². The molecule has 0 aliphatic heterocycles. The van der Waals surface area contributed by atoms with Gasteiger partial charge in [0.1, 0.15) is 6.10 Å². The van der Waals surface area contributed by atoms with Gasteiger partial charge in [-0.1, -0.05) is 0 Å². The first kappa shape index (κ1) is 8.74. The third-order valence-corrected chi connectivity index (χ3v) is 2.41. The van der Waals surface area contributed by atoms with E-state index in [1.54, 1.807) is 4.73 Å². The molecule has 0 saturated carbocycles. The maximum absolute atomic E-state index is 5.44. The Labute approximate surface area is 75.4 Å². The summed E-state index contributed by atoms with van der Waals surface area (Å²) in [7, 11) is 0. The summed E-state index contributed by atoms with van der Waals surface area (Å²) in [5.74, 6) is 0. The summed E-state index contributed by atoms with van der Waals surface area (Å²) in [5, 5.41) is 1.99. The summed E-state index contributed by atoms with van der Waals surface area (Å²) < 4.78 is 2.47. The molecule has 1 heterocycles. The molecular weight excluding hydrogens is 178 g/mol. The molecule has 0 unspecified atom stereocenters. The lowest BCUT2D eigenvalue weighted by molar-refractivity contribution is 0.0553. The maximum atomic E-state index is 5.44. The highest BCUT2D eigenvalue weighted by Gasteiger charge is 2.01. The summed E-state index contributed by atoms with van der Waals surface area (Å²) in [6, 6.07) is 0. The first-order valence-electron chi connectivity index (χ1n) is 3.45. The largest absolute Gasteiger partial charge is 0.409 e. The molecule has 0 aliphatic rings. The molecule has 4 heteroatoms. The van der Waals surface area contributed by atoms with E-state index in [1.807, 2.05) is 26.2 Å². The Balaban J connectivity index is 2.92. The molecular formula is C7H11NOS2. The molecule has 1 aromatic rings. The van der Waals surface area contributed by atoms with Gasteiger partial charge in [0, 0.05) is 5.38 Å². The molecule has 0 atom stereocenters. The lowest BCUT2D eigenvalue weighted by Crippen LogP contribution is -2.19. The number of hydrogen-bond acceptors (Lipinski definition) is 3. The van der Waals surface area contributed by atoms with Crippen molar-refractivity contribution in [2.24, 2.45) is 0 Å². The lowest BCUT2D eigenvalue weighted by atomic mass is 10.5. The van der Waals surface area contributed by atoms with E-state index in [4.69, 9.17) is 17.1 Å². The zero-order valence-corrected chi connectivity index (χ0v) is 8.46. The fraction of sp³-hybridized carbons (Fsp3) is 0.571. The van der Waals surface area contributed by atoms with Crippen LogP contribution in [0, 0.1) is 10.9 Å². The third-order valence-electron chi connectivity index (χ3n) is 1.13. The Morgan fingerprint density at radius 2 is 2.27 bits per heavy atom. The van der Waals surface area contributed by atoms with Crippen LogP contribution in [0.3, 0.4) is 0 Å². The summed E-state index contributed by atoms with van der Waals surface area (Å²) in [4.78, 5) is 5.44. The summed E-state index contributed by atoms with van der Waals surface area (Å²) in [6.45, 7) is 5.95. The quantitative estimate of drug-likeness (QED) is 0.663. The molecule has 0 aromatic carbocycles. The Morgan fingerprint density at radius 3 is 2.64 bits per heavy atom. The van der Waals surface area contributed by atoms with E-state index < -0.39 is 0 Å². The van der Waals surface area contributed by atoms with E-state index in [2.05, 4.69) is 0 Å². The van der Waals surface area contributed by atoms with Gasteiger partial charge in [-0.15, -0.1) is 11.3 Å². The van der Waals surface area contributed by atoms with Gasteiger partial charge in [-0.25, -0.2) is 0 Å². The van der Waals surface area contributed by atoms with Crippen molar-refractivity contribution in [3.8, 4) is 0 Å². The van der Waals surface area contributed by atoms with E-state index in [0.717, 1.165) is 9.65 Å². The molecule has 2 nitrogen and oxygen atoms in total. The van der Waals surface area contributed by atoms with Gasteiger partial charge >= 0.3 is 0 Å². The van der Waals surface area contributed by atoms with E-state index in [1.165, 1.54) is 11.3 Å². The van der Waals surface area contributed by atoms with E-state index in [-0.39, 0.29) is 6.10 Å². The summed E-state index contributed by atoms with van der Waals surface area (Å²) >= 11 is 6.57. The van der Waals surface area contributed by atoms with Crippen molar-refractivity contribution >= 4 is 23.6 Å². The second-order valence-electron chi connectivity index (χ2n) is 2.59. The molecule has 62 valence electrons. The highest BCUT2D eigenvalue weighted by atomic mass is 32.1. The Kier molecular flexibility index (Phi) is 2.67. The van der Waals surface area contributed by atoms with Gasteiger partial charge < -0.3 is 4.84 Å². The van der Waals surface area contributed by atoms with Crippen LogP contribution in [0.5, 0.6) is 0 Å². The summed E-state index contributed by atoms with van der Waals surface area (Å²) in [6.07, 6.45) is 0.176. The van der Waals surface area contributed by atoms with E-state index in [9.17, 15) is 0 Å². The van der Waals surface area contributed by atoms with Crippen molar-refractivity contribution in [2.45, 2.75) is 26.9 Å². The molecule has 0 fully saturated rings. The standard InChI is InChI=1S/C7H11NOS2/c1-5(2)9-8-6(3)4-11-7(8)10/h4-5H,1-3H3. The van der Waals surface area contributed by atoms with Crippen LogP contribution in [0.25, 0.3) is 0 Å². The predicted molar refractivity (Wildman–Crippen MR) is 49.6 cm³/mol. The topological polar surface area (TPSA) is 14.2 Å². The van der Waals surface area contributed by atoms with Crippen LogP contribution >= 0.6 is 23.6 Å². The van der Waals surface area contributed by atoms with Gasteiger partial charge in [-0.3, -0.25) is 0 Å². The first-order chi connectivity index (χ1) is 5.11. The van der Waals surface area contributed by atoms with E-state index >= 15 is 0 Å². The molecule has 0 radical (unpaired) electrons. The van der Waals surface area contributed by atoms with Crippen LogP contribution in [-0.4, -0.2) is 10.8 Å². The second kappa shape index (κ2) is 3.36. The van der Waals surface area contributed by atoms with Crippen molar-refractivity contribution in [3.63, 3.8) is 0 Å². The number of aryl methyl sites for hydroxylation is 1. The average molecular weight is 189 g/mol. The zero-order valence-electron chi connectivity index (χ0n) is 6.83. The molecule has 0 aliphatic carbocycles. The number of aromatic nitrogens is 1. The van der Waals surface area contributed by atoms with Crippen molar-refractivity contribution < 1.29 is 4.84 Å². The average Bonchev–Trinajstić information content (AvgIpc) is 2.18. The van der Waals surface area contributed by atoms with Gasteiger partial charge in [-0.05, 0) is 33.0 Å². The van der Waals surface area contributed by atoms with Gasteiger partial charge in [0.25, 0.3) is 0 Å². The predicted octanol–water partition coefficient (Wildman–Crippen LogP) is 2.42. The summed E-state index contributed by atoms with van der Waals surface area (Å²) in [5.41, 5.74) is 1.06. The molecule has 1 aromatic heterocycles. The lowest BCUT2D eigenvalue weighted by Gasteiger charge is -2.10. The molecule has 0 bridgehead atoms. The smallest absolute Gasteiger partial charge is 0.196 e. The molecule has 0 spiro atoms. The number of thiazole rings is 1. The monoisotopic (exact) mass is 189 g/mol. The van der Waals surface area contributed by atoms with E-state index in [0.29, 0.717) is 0 Å². The van der Waals surface area contributed by atoms with Gasteiger partial charge in [0.2, 0.25) is 0 Å². The van der Waals surface area contributed by atoms with Gasteiger partial charge in [-0.2, -0.15) is 4.73 Å². The number of rotatable bonds is 2. The fourth-order valence-corrected chi connectivity index (χ4v) is 1.69. The van der Waals surface area contributed by atoms with Gasteiger partial charge in [0.05, 0.1) is 5.69 Å². The molecule has 0 N–H and O–H groups in total. The van der Waals surface area contributed by atoms with Crippen LogP contribution in [0.4, 0.5) is 0 Å². The van der Waals surface area contributed by atoms with Crippen LogP contribution in [0.15, 0.2) is 5.38 Å². The molecule has 0 amide bonds. The fourth-order valence-electron chi connectivity index (χ4n) is 0.712. The van der Waals surface area contributed by atoms with Crippen LogP contribution in [0.2, 0.25) is 0 Å². The number of nitrogens with zero attached hydrogens (tertiary/aromatic N) is 1. The Morgan fingerprint density at radius 1 is 1.64 bits per heavy atom. The highest BCUT2D eigenvalue weighted by Crippen LogP contribution is 2.08. The van der Waals surface area contributed by atoms with Crippen LogP contribution in [0.1, 0.15) is 19.5 Å². The molecule has 11 heavy (non-hydrogen) atoms. The number of hydrogen-bond donors (Lipinski definition) is 0. The highest BCUT2D eigenvalue weighted by molar-refractivity contribution is 7.73. The minimum Gasteiger partial charge on any atom is -0.409 e. The normalized spacial score (nSPS) is 10.5. The Bertz CT molecular complexity index is 287. The molecule has 0 saturated heterocycles. The van der Waals surface area contributed by atoms with Crippen molar-refractivity contribution in [2.75, 3.05) is 0 Å².